The van der Waals surface area contributed by atoms with Crippen molar-refractivity contribution in [2.45, 2.75) is 464 Å². The Morgan fingerprint density at radius 2 is 0.305 bits per heavy atom. The zero-order chi connectivity index (χ0) is 90.4. The van der Waals surface area contributed by atoms with Gasteiger partial charge in [-0.25, -0.2) is 9.97 Å². The third kappa shape index (κ3) is 35.9. The quantitative estimate of drug-likeness (QED) is 0.0163. The van der Waals surface area contributed by atoms with Crippen LogP contribution in [0.25, 0.3) is 90.9 Å². The largest absolute Gasteiger partial charge is 0.508 e. The number of fused-ring (bicyclic) bond motifs is 8. The van der Waals surface area contributed by atoms with Crippen LogP contribution in [0.3, 0.4) is 0 Å². The lowest BCUT2D eigenvalue weighted by molar-refractivity contribution is 0.435. The van der Waals surface area contributed by atoms with Gasteiger partial charge < -0.3 is 50.8 Å². The molecule has 9 rings (SSSR count). The summed E-state index contributed by atoms with van der Waals surface area (Å²) in [6.07, 6.45) is 90.1. The Labute approximate surface area is 775 Å². The predicted octanol–water partition coefficient (Wildman–Crippen LogP) is 36.2. The number of aromatic amines is 2. The van der Waals surface area contributed by atoms with Crippen molar-refractivity contribution < 1.29 is 40.9 Å². The monoisotopic (exact) mass is 1750 g/mol. The van der Waals surface area contributed by atoms with E-state index in [1.54, 1.807) is 48.5 Å². The minimum atomic E-state index is -0.0129. The van der Waals surface area contributed by atoms with Crippen molar-refractivity contribution >= 4 is 46.4 Å². The highest BCUT2D eigenvalue weighted by Gasteiger charge is 2.25. The van der Waals surface area contributed by atoms with Gasteiger partial charge in [0.15, 0.2) is 0 Å². The van der Waals surface area contributed by atoms with Crippen LogP contribution < -0.4 is 0 Å². The summed E-state index contributed by atoms with van der Waals surface area (Å²) < 4.78 is 0. The first kappa shape index (κ1) is 104. The standard InChI is InChI=1S/C116H174N4O8/c1-5-9-13-17-21-25-29-33-37-41-45-49-53-57-61-65-69-93-105(121)81-89(82-106(93)122)113-97-73-75-99(117-97)114(90-83-107(123)94(108(124)84-90)70-66-62-58-54-50-46-42-38-34-30-26-22-18-14-10-6-2)101-77-79-103(119-101)116(92-87-111(127)96(112(128)88-92)72-68-64-60-56-52-48-44-40-36-32-28-24-20-16-12-8-4)104-80-78-102(120-104)115(100-76-74-98(113)118-100)91-85-109(125)95(110(126)86-91)71-67-63-59-55-51-47-43-39-35-31-27-23-19-15-11-7-3/h73-88,117,120-128H,5-72H2,1-4H3. The Kier molecular flexibility index (Phi) is 49.8. The molecule has 0 radical (unpaired) electrons. The summed E-state index contributed by atoms with van der Waals surface area (Å²) in [5.41, 5.74) is 10.7. The molecule has 706 valence electrons. The van der Waals surface area contributed by atoms with Crippen molar-refractivity contribution in [2.24, 2.45) is 0 Å². The van der Waals surface area contributed by atoms with E-state index in [1.807, 2.05) is 48.6 Å². The second kappa shape index (κ2) is 61.5. The maximum absolute atomic E-state index is 12.2. The lowest BCUT2D eigenvalue weighted by Gasteiger charge is -2.13. The normalized spacial score (nSPS) is 12.0. The SMILES string of the molecule is CCCCCCCCCCCCCCCCCCc1c(O)cc(-c2c3nc(c(-c4cc(O)c(CCCCCCCCCCCCCCCCCC)c(O)c4)c4ccc([nH]4)c(-c4cc(O)c(CCCCCCCCCCCCCCCCCC)c(O)c4)c4nc(c(-c5cc(O)c(CCCCCCCCCCCCCCCCCC)c(O)c5)c5ccc2[nH]5)C=C4)C=C3)cc1O. The van der Waals surface area contributed by atoms with E-state index in [0.717, 1.165) is 77.0 Å². The van der Waals surface area contributed by atoms with E-state index < -0.39 is 0 Å². The average Bonchev–Trinajstić information content (AvgIpc) is 1.59. The van der Waals surface area contributed by atoms with Gasteiger partial charge in [-0.1, -0.05) is 413 Å². The van der Waals surface area contributed by atoms with Gasteiger partial charge >= 0.3 is 0 Å². The number of nitrogens with zero attached hydrogens (tertiary/aromatic N) is 2. The summed E-state index contributed by atoms with van der Waals surface area (Å²) in [6, 6.07) is 21.6. The smallest absolute Gasteiger partial charge is 0.123 e. The first-order valence-corrected chi connectivity index (χ1v) is 53.2. The van der Waals surface area contributed by atoms with Gasteiger partial charge in [0.25, 0.3) is 0 Å². The fraction of sp³-hybridized carbons (Fsp3) is 0.621. The van der Waals surface area contributed by atoms with E-state index in [4.69, 9.17) is 9.97 Å². The Morgan fingerprint density at radius 3 is 0.438 bits per heavy atom. The van der Waals surface area contributed by atoms with Crippen LogP contribution >= 0.6 is 0 Å². The van der Waals surface area contributed by atoms with Crippen molar-refractivity contribution in [3.05, 3.63) is 118 Å². The average molecular weight is 1750 g/mol. The minimum Gasteiger partial charge on any atom is -0.508 e. The van der Waals surface area contributed by atoms with Crippen molar-refractivity contribution in [2.75, 3.05) is 0 Å². The summed E-state index contributed by atoms with van der Waals surface area (Å²) in [5, 5.41) is 97.7. The van der Waals surface area contributed by atoms with Crippen LogP contribution in [0.4, 0.5) is 0 Å². The number of benzene rings is 4. The Morgan fingerprint density at radius 1 is 0.180 bits per heavy atom. The molecule has 0 aliphatic carbocycles. The molecule has 0 saturated carbocycles. The van der Waals surface area contributed by atoms with Crippen LogP contribution in [0.2, 0.25) is 0 Å². The van der Waals surface area contributed by atoms with Crippen LogP contribution in [0, 0.1) is 0 Å². The lowest BCUT2D eigenvalue weighted by Crippen LogP contribution is -1.94. The summed E-state index contributed by atoms with van der Waals surface area (Å²) in [7, 11) is 0. The van der Waals surface area contributed by atoms with E-state index in [1.165, 1.54) is 334 Å². The Hall–Kier alpha value is -8.12. The molecular formula is C116H174N4O8. The fourth-order valence-electron chi connectivity index (χ4n) is 20.0. The zero-order valence-corrected chi connectivity index (χ0v) is 80.8. The summed E-state index contributed by atoms with van der Waals surface area (Å²) in [4.78, 5) is 18.5. The minimum absolute atomic E-state index is 0.0129. The number of aromatic hydroxyl groups is 8. The molecule has 10 N–H and O–H groups in total. The molecule has 3 aromatic heterocycles. The highest BCUT2D eigenvalue weighted by molar-refractivity contribution is 6.01. The molecule has 0 fully saturated rings. The second-order valence-corrected chi connectivity index (χ2v) is 38.7. The molecule has 0 saturated heterocycles. The number of hydrogen-bond acceptors (Lipinski definition) is 10. The molecule has 2 aliphatic heterocycles. The third-order valence-electron chi connectivity index (χ3n) is 27.8. The molecule has 0 unspecified atom stereocenters. The Bertz CT molecular complexity index is 3890. The molecule has 0 atom stereocenters. The summed E-state index contributed by atoms with van der Waals surface area (Å²) in [5.74, 6) is -0.103. The lowest BCUT2D eigenvalue weighted by atomic mass is 9.97. The molecule has 4 aromatic carbocycles. The molecule has 8 bridgehead atoms. The van der Waals surface area contributed by atoms with Crippen LogP contribution in [-0.4, -0.2) is 60.8 Å². The van der Waals surface area contributed by atoms with Gasteiger partial charge in [0.1, 0.15) is 46.0 Å². The predicted molar refractivity (Wildman–Crippen MR) is 547 cm³/mol. The number of nitrogens with one attached hydrogen (secondary N) is 2. The molecule has 0 spiro atoms. The van der Waals surface area contributed by atoms with Crippen molar-refractivity contribution in [3.63, 3.8) is 0 Å². The van der Waals surface area contributed by atoms with Gasteiger partial charge in [-0.15, -0.1) is 0 Å². The van der Waals surface area contributed by atoms with Crippen LogP contribution in [0.5, 0.6) is 46.0 Å². The number of hydrogen-bond donors (Lipinski definition) is 10. The van der Waals surface area contributed by atoms with Gasteiger partial charge in [-0.3, -0.25) is 0 Å². The molecule has 2 aliphatic rings. The van der Waals surface area contributed by atoms with E-state index in [-0.39, 0.29) is 46.0 Å². The van der Waals surface area contributed by atoms with Gasteiger partial charge in [0.05, 0.1) is 22.8 Å². The molecule has 7 aromatic rings. The van der Waals surface area contributed by atoms with E-state index >= 15 is 0 Å². The van der Waals surface area contributed by atoms with Crippen LogP contribution in [0.1, 0.15) is 484 Å². The van der Waals surface area contributed by atoms with E-state index in [9.17, 15) is 40.9 Å². The van der Waals surface area contributed by atoms with E-state index in [2.05, 4.69) is 37.7 Å². The summed E-state index contributed by atoms with van der Waals surface area (Å²) in [6.45, 7) is 9.11. The number of H-pyrrole nitrogens is 2. The number of aromatic nitrogens is 4. The number of phenolic OH excluding ortho intramolecular Hbond substituents is 8. The Balaban J connectivity index is 1.03. The topological polar surface area (TPSA) is 219 Å². The van der Waals surface area contributed by atoms with Gasteiger partial charge in [0, 0.05) is 66.6 Å². The first-order valence-electron chi connectivity index (χ1n) is 53.2. The van der Waals surface area contributed by atoms with Crippen molar-refractivity contribution in [1.29, 1.82) is 0 Å². The number of phenols is 8. The maximum Gasteiger partial charge on any atom is 0.123 e. The molecule has 12 nitrogen and oxygen atoms in total. The summed E-state index contributed by atoms with van der Waals surface area (Å²) >= 11 is 0. The molecule has 128 heavy (non-hydrogen) atoms. The number of rotatable bonds is 72. The van der Waals surface area contributed by atoms with Crippen molar-refractivity contribution in [1.82, 2.24) is 19.9 Å². The highest BCUT2D eigenvalue weighted by atomic mass is 16.3. The first-order chi connectivity index (χ1) is 62.8. The van der Waals surface area contributed by atoms with Crippen LogP contribution in [-0.2, 0) is 25.7 Å². The molecular weight excluding hydrogens is 1580 g/mol. The molecule has 0 amide bonds. The van der Waals surface area contributed by atoms with Gasteiger partial charge in [-0.05, 0) is 171 Å². The molecule has 5 heterocycles. The second-order valence-electron chi connectivity index (χ2n) is 38.7. The van der Waals surface area contributed by atoms with Crippen molar-refractivity contribution in [3.8, 4) is 90.5 Å². The van der Waals surface area contributed by atoms with Crippen LogP contribution in [0.15, 0.2) is 72.8 Å². The van der Waals surface area contributed by atoms with Gasteiger partial charge in [0.2, 0.25) is 0 Å². The third-order valence-corrected chi connectivity index (χ3v) is 27.8. The van der Waals surface area contributed by atoms with Gasteiger partial charge in [-0.2, -0.15) is 0 Å². The number of unbranched alkanes of at least 4 members (excludes halogenated alkanes) is 60. The maximum atomic E-state index is 12.2. The molecule has 12 heteroatoms. The zero-order valence-electron chi connectivity index (χ0n) is 80.8. The highest BCUT2D eigenvalue weighted by Crippen LogP contribution is 2.46. The fourth-order valence-corrected chi connectivity index (χ4v) is 20.0. The van der Waals surface area contributed by atoms with E-state index in [0.29, 0.717) is 137 Å².